The van der Waals surface area contributed by atoms with E-state index < -0.39 is 5.97 Å². The topological polar surface area (TPSA) is 81.3 Å². The van der Waals surface area contributed by atoms with Gasteiger partial charge in [-0.2, -0.15) is 0 Å². The SMILES string of the molecule is Cc1ccc(C(=O)NC(=S)Nc2cccc(C(=O)[O-])c2)cc1. The number of rotatable bonds is 3. The van der Waals surface area contributed by atoms with Crippen LogP contribution in [0.2, 0.25) is 0 Å². The third-order valence-corrected chi connectivity index (χ3v) is 3.10. The molecule has 6 heteroatoms. The van der Waals surface area contributed by atoms with Gasteiger partial charge in [0.1, 0.15) is 0 Å². The van der Waals surface area contributed by atoms with Crippen molar-refractivity contribution in [3.8, 4) is 0 Å². The van der Waals surface area contributed by atoms with Crippen molar-refractivity contribution in [2.45, 2.75) is 6.92 Å². The fourth-order valence-corrected chi connectivity index (χ4v) is 1.98. The monoisotopic (exact) mass is 313 g/mol. The Kier molecular flexibility index (Phi) is 4.85. The average molecular weight is 313 g/mol. The molecule has 0 atom stereocenters. The standard InChI is InChI=1S/C16H14N2O3S/c1-10-5-7-11(8-6-10)14(19)18-16(22)17-13-4-2-3-12(9-13)15(20)21/h2-9H,1H3,(H,20,21)(H2,17,18,19,22)/p-1. The van der Waals surface area contributed by atoms with Crippen LogP contribution in [0.4, 0.5) is 5.69 Å². The van der Waals surface area contributed by atoms with Gasteiger partial charge in [0.05, 0.1) is 5.97 Å². The maximum atomic E-state index is 12.0. The Labute approximate surface area is 133 Å². The van der Waals surface area contributed by atoms with Crippen molar-refractivity contribution in [1.82, 2.24) is 5.32 Å². The zero-order valence-electron chi connectivity index (χ0n) is 11.8. The summed E-state index contributed by atoms with van der Waals surface area (Å²) in [6, 6.07) is 13.0. The second-order valence-corrected chi connectivity index (χ2v) is 5.05. The van der Waals surface area contributed by atoms with E-state index in [0.29, 0.717) is 11.3 Å². The highest BCUT2D eigenvalue weighted by atomic mass is 32.1. The molecule has 0 radical (unpaired) electrons. The molecule has 2 aromatic carbocycles. The van der Waals surface area contributed by atoms with Crippen LogP contribution in [0, 0.1) is 6.92 Å². The van der Waals surface area contributed by atoms with E-state index >= 15 is 0 Å². The molecular formula is C16H13N2O3S-. The fourth-order valence-electron chi connectivity index (χ4n) is 1.77. The van der Waals surface area contributed by atoms with Gasteiger partial charge >= 0.3 is 0 Å². The minimum atomic E-state index is -1.28. The largest absolute Gasteiger partial charge is 0.545 e. The molecule has 0 bridgehead atoms. The number of carbonyl (C=O) groups is 2. The number of aryl methyl sites for hydroxylation is 1. The highest BCUT2D eigenvalue weighted by molar-refractivity contribution is 7.80. The summed E-state index contributed by atoms with van der Waals surface area (Å²) in [7, 11) is 0. The first-order valence-corrected chi connectivity index (χ1v) is 6.87. The van der Waals surface area contributed by atoms with Crippen LogP contribution in [0.15, 0.2) is 48.5 Å². The van der Waals surface area contributed by atoms with Crippen LogP contribution in [0.5, 0.6) is 0 Å². The molecule has 0 saturated heterocycles. The van der Waals surface area contributed by atoms with Gasteiger partial charge in [0.25, 0.3) is 5.91 Å². The van der Waals surface area contributed by atoms with Crippen molar-refractivity contribution in [2.75, 3.05) is 5.32 Å². The maximum Gasteiger partial charge on any atom is 0.257 e. The predicted molar refractivity (Wildman–Crippen MR) is 85.6 cm³/mol. The fraction of sp³-hybridized carbons (Fsp3) is 0.0625. The van der Waals surface area contributed by atoms with E-state index in [-0.39, 0.29) is 16.6 Å². The molecule has 2 aromatic rings. The third kappa shape index (κ3) is 4.13. The molecule has 112 valence electrons. The van der Waals surface area contributed by atoms with Crippen LogP contribution in [-0.2, 0) is 0 Å². The summed E-state index contributed by atoms with van der Waals surface area (Å²) in [5, 5.41) is 16.2. The van der Waals surface area contributed by atoms with Gasteiger partial charge in [0.15, 0.2) is 5.11 Å². The summed E-state index contributed by atoms with van der Waals surface area (Å²) in [6.45, 7) is 1.93. The second kappa shape index (κ2) is 6.82. The molecule has 0 saturated carbocycles. The average Bonchev–Trinajstić information content (AvgIpc) is 2.47. The number of hydrogen-bond donors (Lipinski definition) is 2. The molecule has 0 aliphatic heterocycles. The Morgan fingerprint density at radius 3 is 2.36 bits per heavy atom. The summed E-state index contributed by atoms with van der Waals surface area (Å²) < 4.78 is 0. The van der Waals surface area contributed by atoms with E-state index in [4.69, 9.17) is 12.2 Å². The van der Waals surface area contributed by atoms with Gasteiger partial charge in [0.2, 0.25) is 0 Å². The number of thiocarbonyl (C=S) groups is 1. The number of nitrogens with one attached hydrogen (secondary N) is 2. The first-order chi connectivity index (χ1) is 10.5. The minimum absolute atomic E-state index is 0.0256. The Morgan fingerprint density at radius 1 is 1.05 bits per heavy atom. The summed E-state index contributed by atoms with van der Waals surface area (Å²) in [4.78, 5) is 22.8. The minimum Gasteiger partial charge on any atom is -0.545 e. The van der Waals surface area contributed by atoms with Gasteiger partial charge in [-0.05, 0) is 49.0 Å². The number of anilines is 1. The first kappa shape index (κ1) is 15.7. The van der Waals surface area contributed by atoms with E-state index in [1.165, 1.54) is 12.1 Å². The molecular weight excluding hydrogens is 300 g/mol. The second-order valence-electron chi connectivity index (χ2n) is 4.64. The molecule has 2 N–H and O–H groups in total. The van der Waals surface area contributed by atoms with Crippen molar-refractivity contribution in [2.24, 2.45) is 0 Å². The Bertz CT molecular complexity index is 726. The van der Waals surface area contributed by atoms with Crippen molar-refractivity contribution in [1.29, 1.82) is 0 Å². The van der Waals surface area contributed by atoms with Gasteiger partial charge < -0.3 is 15.2 Å². The van der Waals surface area contributed by atoms with E-state index in [2.05, 4.69) is 10.6 Å². The third-order valence-electron chi connectivity index (χ3n) is 2.90. The molecule has 0 aliphatic carbocycles. The Hall–Kier alpha value is -2.73. The van der Waals surface area contributed by atoms with E-state index in [0.717, 1.165) is 5.56 Å². The van der Waals surface area contributed by atoms with E-state index in [9.17, 15) is 14.7 Å². The normalized spacial score (nSPS) is 9.86. The van der Waals surface area contributed by atoms with Crippen LogP contribution < -0.4 is 15.7 Å². The highest BCUT2D eigenvalue weighted by Gasteiger charge is 2.07. The predicted octanol–water partition coefficient (Wildman–Crippen LogP) is 1.49. The van der Waals surface area contributed by atoms with Crippen LogP contribution in [-0.4, -0.2) is 17.0 Å². The van der Waals surface area contributed by atoms with Crippen molar-refractivity contribution >= 4 is 34.9 Å². The molecule has 5 nitrogen and oxygen atoms in total. The number of benzene rings is 2. The lowest BCUT2D eigenvalue weighted by molar-refractivity contribution is -0.255. The van der Waals surface area contributed by atoms with Gasteiger partial charge in [0, 0.05) is 11.3 Å². The molecule has 1 amide bonds. The van der Waals surface area contributed by atoms with Gasteiger partial charge in [-0.1, -0.05) is 29.8 Å². The molecule has 0 fully saturated rings. The van der Waals surface area contributed by atoms with E-state index in [1.54, 1.807) is 24.3 Å². The number of hydrogen-bond acceptors (Lipinski definition) is 4. The highest BCUT2D eigenvalue weighted by Crippen LogP contribution is 2.10. The lowest BCUT2D eigenvalue weighted by Crippen LogP contribution is -2.34. The summed E-state index contributed by atoms with van der Waals surface area (Å²) in [5.74, 6) is -1.62. The number of aromatic carboxylic acids is 1. The lowest BCUT2D eigenvalue weighted by Gasteiger charge is -2.11. The van der Waals surface area contributed by atoms with Crippen LogP contribution >= 0.6 is 12.2 Å². The zero-order chi connectivity index (χ0) is 16.1. The Morgan fingerprint density at radius 2 is 1.73 bits per heavy atom. The molecule has 0 unspecified atom stereocenters. The number of carbonyl (C=O) groups excluding carboxylic acids is 2. The van der Waals surface area contributed by atoms with Crippen LogP contribution in [0.25, 0.3) is 0 Å². The van der Waals surface area contributed by atoms with Gasteiger partial charge in [-0.15, -0.1) is 0 Å². The molecule has 0 heterocycles. The van der Waals surface area contributed by atoms with Gasteiger partial charge in [-0.25, -0.2) is 0 Å². The van der Waals surface area contributed by atoms with Gasteiger partial charge in [-0.3, -0.25) is 10.1 Å². The van der Waals surface area contributed by atoms with Crippen molar-refractivity contribution in [3.63, 3.8) is 0 Å². The maximum absolute atomic E-state index is 12.0. The zero-order valence-corrected chi connectivity index (χ0v) is 12.6. The smallest absolute Gasteiger partial charge is 0.257 e. The van der Waals surface area contributed by atoms with Crippen molar-refractivity contribution in [3.05, 3.63) is 65.2 Å². The lowest BCUT2D eigenvalue weighted by atomic mass is 10.1. The number of carboxylic acids is 1. The summed E-state index contributed by atoms with van der Waals surface area (Å²) in [5.41, 5.74) is 2.02. The number of amides is 1. The molecule has 22 heavy (non-hydrogen) atoms. The molecule has 0 aliphatic rings. The molecule has 0 aromatic heterocycles. The molecule has 2 rings (SSSR count). The van der Waals surface area contributed by atoms with Crippen molar-refractivity contribution < 1.29 is 14.7 Å². The van der Waals surface area contributed by atoms with E-state index in [1.807, 2.05) is 19.1 Å². The quantitative estimate of drug-likeness (QED) is 0.839. The summed E-state index contributed by atoms with van der Waals surface area (Å²) >= 11 is 5.04. The van der Waals surface area contributed by atoms with Crippen LogP contribution in [0.3, 0.4) is 0 Å². The number of carboxylic acid groups (broad SMARTS) is 1. The molecule has 0 spiro atoms. The summed E-state index contributed by atoms with van der Waals surface area (Å²) in [6.07, 6.45) is 0. The Balaban J connectivity index is 2.01. The first-order valence-electron chi connectivity index (χ1n) is 6.46. The van der Waals surface area contributed by atoms with Crippen LogP contribution in [0.1, 0.15) is 26.3 Å².